The second-order valence-corrected chi connectivity index (χ2v) is 7.27. The molecule has 1 saturated heterocycles. The lowest BCUT2D eigenvalue weighted by molar-refractivity contribution is 0.0730. The molecule has 2 aromatic carbocycles. The van der Waals surface area contributed by atoms with E-state index in [1.807, 2.05) is 54.6 Å². The summed E-state index contributed by atoms with van der Waals surface area (Å²) in [4.78, 5) is 0.330. The van der Waals surface area contributed by atoms with Crippen molar-refractivity contribution in [3.8, 4) is 0 Å². The van der Waals surface area contributed by atoms with Gasteiger partial charge in [0.05, 0.1) is 18.1 Å². The Hall–Kier alpha value is -1.95. The van der Waals surface area contributed by atoms with Gasteiger partial charge in [-0.2, -0.15) is 4.31 Å². The predicted octanol–water partition coefficient (Wildman–Crippen LogP) is 2.88. The standard InChI is InChI=1S/C18H19NO3S/c20-23(21,19-12-14-22-15-13-19)18-10-8-17(9-11-18)7-6-16-4-2-1-3-5-16/h1-11H,12-15H2/b7-6-. The minimum atomic E-state index is -3.42. The van der Waals surface area contributed by atoms with Crippen LogP contribution in [-0.4, -0.2) is 39.0 Å². The van der Waals surface area contributed by atoms with Crippen molar-refractivity contribution >= 4 is 22.2 Å². The maximum Gasteiger partial charge on any atom is 0.243 e. The lowest BCUT2D eigenvalue weighted by Crippen LogP contribution is -2.40. The molecular weight excluding hydrogens is 310 g/mol. The molecule has 0 unspecified atom stereocenters. The highest BCUT2D eigenvalue weighted by Gasteiger charge is 2.25. The van der Waals surface area contributed by atoms with Gasteiger partial charge in [0.2, 0.25) is 10.0 Å². The second kappa shape index (κ2) is 7.08. The van der Waals surface area contributed by atoms with Crippen LogP contribution in [0.1, 0.15) is 11.1 Å². The average molecular weight is 329 g/mol. The Morgan fingerprint density at radius 1 is 0.826 bits per heavy atom. The molecule has 0 aromatic heterocycles. The van der Waals surface area contributed by atoms with Gasteiger partial charge in [-0.3, -0.25) is 0 Å². The van der Waals surface area contributed by atoms with Crippen molar-refractivity contribution < 1.29 is 13.2 Å². The van der Waals surface area contributed by atoms with Gasteiger partial charge in [0.25, 0.3) is 0 Å². The molecule has 1 aliphatic rings. The molecule has 0 radical (unpaired) electrons. The Morgan fingerprint density at radius 3 is 2.00 bits per heavy atom. The van der Waals surface area contributed by atoms with Gasteiger partial charge < -0.3 is 4.74 Å². The molecule has 1 heterocycles. The van der Waals surface area contributed by atoms with E-state index < -0.39 is 10.0 Å². The van der Waals surface area contributed by atoms with Crippen LogP contribution in [0, 0.1) is 0 Å². The SMILES string of the molecule is O=S(=O)(c1ccc(/C=C\c2ccccc2)cc1)N1CCOCC1. The molecule has 0 saturated carbocycles. The van der Waals surface area contributed by atoms with E-state index in [1.165, 1.54) is 4.31 Å². The van der Waals surface area contributed by atoms with Crippen LogP contribution in [0.15, 0.2) is 59.5 Å². The molecule has 23 heavy (non-hydrogen) atoms. The normalized spacial score (nSPS) is 16.7. The van der Waals surface area contributed by atoms with Crippen molar-refractivity contribution in [3.63, 3.8) is 0 Å². The van der Waals surface area contributed by atoms with E-state index in [2.05, 4.69) is 0 Å². The molecule has 0 N–H and O–H groups in total. The van der Waals surface area contributed by atoms with Crippen LogP contribution in [-0.2, 0) is 14.8 Å². The van der Waals surface area contributed by atoms with Crippen LogP contribution in [0.4, 0.5) is 0 Å². The third-order valence-electron chi connectivity index (χ3n) is 3.76. The van der Waals surface area contributed by atoms with Gasteiger partial charge in [-0.15, -0.1) is 0 Å². The van der Waals surface area contributed by atoms with Crippen LogP contribution in [0.3, 0.4) is 0 Å². The summed E-state index contributed by atoms with van der Waals surface area (Å²) in [5.41, 5.74) is 2.08. The quantitative estimate of drug-likeness (QED) is 0.810. The van der Waals surface area contributed by atoms with Crippen molar-refractivity contribution in [1.82, 2.24) is 4.31 Å². The summed E-state index contributed by atoms with van der Waals surface area (Å²) < 4.78 is 31.7. The van der Waals surface area contributed by atoms with Gasteiger partial charge in [-0.25, -0.2) is 8.42 Å². The number of benzene rings is 2. The lowest BCUT2D eigenvalue weighted by atomic mass is 10.1. The van der Waals surface area contributed by atoms with Crippen LogP contribution >= 0.6 is 0 Å². The second-order valence-electron chi connectivity index (χ2n) is 5.33. The van der Waals surface area contributed by atoms with Crippen molar-refractivity contribution in [3.05, 3.63) is 65.7 Å². The molecule has 2 aromatic rings. The zero-order valence-electron chi connectivity index (χ0n) is 12.8. The van der Waals surface area contributed by atoms with Crippen molar-refractivity contribution in [2.24, 2.45) is 0 Å². The average Bonchev–Trinajstić information content (AvgIpc) is 2.62. The third kappa shape index (κ3) is 3.88. The topological polar surface area (TPSA) is 46.6 Å². The van der Waals surface area contributed by atoms with Gasteiger partial charge in [-0.1, -0.05) is 54.6 Å². The molecule has 0 atom stereocenters. The number of morpholine rings is 1. The molecule has 4 nitrogen and oxygen atoms in total. The molecule has 0 spiro atoms. The summed E-state index contributed by atoms with van der Waals surface area (Å²) in [6.45, 7) is 1.74. The Bertz CT molecular complexity index is 762. The van der Waals surface area contributed by atoms with E-state index in [1.54, 1.807) is 12.1 Å². The smallest absolute Gasteiger partial charge is 0.243 e. The van der Waals surface area contributed by atoms with E-state index in [-0.39, 0.29) is 0 Å². The minimum absolute atomic E-state index is 0.330. The largest absolute Gasteiger partial charge is 0.379 e. The molecule has 5 heteroatoms. The summed E-state index contributed by atoms with van der Waals surface area (Å²) in [6.07, 6.45) is 3.98. The summed E-state index contributed by atoms with van der Waals surface area (Å²) in [5, 5.41) is 0. The molecule has 1 aliphatic heterocycles. The van der Waals surface area contributed by atoms with E-state index in [0.717, 1.165) is 11.1 Å². The maximum absolute atomic E-state index is 12.5. The molecular formula is C18H19NO3S. The van der Waals surface area contributed by atoms with E-state index in [9.17, 15) is 8.42 Å². The molecule has 0 bridgehead atoms. The van der Waals surface area contributed by atoms with Crippen LogP contribution in [0.2, 0.25) is 0 Å². The summed E-state index contributed by atoms with van der Waals surface area (Å²) in [7, 11) is -3.42. The van der Waals surface area contributed by atoms with Crippen molar-refractivity contribution in [2.75, 3.05) is 26.3 Å². The predicted molar refractivity (Wildman–Crippen MR) is 91.4 cm³/mol. The Morgan fingerprint density at radius 2 is 1.39 bits per heavy atom. The highest BCUT2D eigenvalue weighted by molar-refractivity contribution is 7.89. The van der Waals surface area contributed by atoms with Crippen molar-refractivity contribution in [2.45, 2.75) is 4.90 Å². The molecule has 120 valence electrons. The fourth-order valence-electron chi connectivity index (χ4n) is 2.44. The zero-order chi connectivity index (χ0) is 16.1. The van der Waals surface area contributed by atoms with Gasteiger partial charge in [0.1, 0.15) is 0 Å². The number of nitrogens with zero attached hydrogens (tertiary/aromatic N) is 1. The Balaban J connectivity index is 1.75. The Labute approximate surface area is 137 Å². The first kappa shape index (κ1) is 15.9. The fourth-order valence-corrected chi connectivity index (χ4v) is 3.85. The lowest BCUT2D eigenvalue weighted by Gasteiger charge is -2.26. The van der Waals surface area contributed by atoms with Crippen LogP contribution < -0.4 is 0 Å². The number of rotatable bonds is 4. The highest BCUT2D eigenvalue weighted by Crippen LogP contribution is 2.18. The molecule has 0 amide bonds. The Kier molecular flexibility index (Phi) is 4.91. The number of ether oxygens (including phenoxy) is 1. The van der Waals surface area contributed by atoms with Crippen molar-refractivity contribution in [1.29, 1.82) is 0 Å². The first-order valence-corrected chi connectivity index (χ1v) is 9.01. The van der Waals surface area contributed by atoms with E-state index >= 15 is 0 Å². The zero-order valence-corrected chi connectivity index (χ0v) is 13.6. The molecule has 0 aliphatic carbocycles. The highest BCUT2D eigenvalue weighted by atomic mass is 32.2. The van der Waals surface area contributed by atoms with Gasteiger partial charge in [0, 0.05) is 13.1 Å². The molecule has 3 rings (SSSR count). The summed E-state index contributed by atoms with van der Waals surface area (Å²) in [5.74, 6) is 0. The van der Waals surface area contributed by atoms with Gasteiger partial charge in [-0.05, 0) is 23.3 Å². The molecule has 1 fully saturated rings. The monoisotopic (exact) mass is 329 g/mol. The number of sulfonamides is 1. The maximum atomic E-state index is 12.5. The van der Waals surface area contributed by atoms with E-state index in [0.29, 0.717) is 31.2 Å². The first-order valence-electron chi connectivity index (χ1n) is 7.57. The fraction of sp³-hybridized carbons (Fsp3) is 0.222. The van der Waals surface area contributed by atoms with Crippen LogP contribution in [0.25, 0.3) is 12.2 Å². The number of hydrogen-bond donors (Lipinski definition) is 0. The minimum Gasteiger partial charge on any atom is -0.379 e. The van der Waals surface area contributed by atoms with Crippen LogP contribution in [0.5, 0.6) is 0 Å². The third-order valence-corrected chi connectivity index (χ3v) is 5.67. The first-order chi connectivity index (χ1) is 11.2. The van der Waals surface area contributed by atoms with E-state index in [4.69, 9.17) is 4.74 Å². The van der Waals surface area contributed by atoms with Gasteiger partial charge in [0.15, 0.2) is 0 Å². The summed E-state index contributed by atoms with van der Waals surface area (Å²) in [6, 6.07) is 17.0. The van der Waals surface area contributed by atoms with Gasteiger partial charge >= 0.3 is 0 Å². The number of hydrogen-bond acceptors (Lipinski definition) is 3. The summed E-state index contributed by atoms with van der Waals surface area (Å²) >= 11 is 0.